The molecule has 0 atom stereocenters. The van der Waals surface area contributed by atoms with E-state index in [0.717, 1.165) is 0 Å². The van der Waals surface area contributed by atoms with Gasteiger partial charge in [0.15, 0.2) is 0 Å². The summed E-state index contributed by atoms with van der Waals surface area (Å²) >= 11 is 0. The summed E-state index contributed by atoms with van der Waals surface area (Å²) in [6.07, 6.45) is 0. The van der Waals surface area contributed by atoms with Gasteiger partial charge in [-0.3, -0.25) is 0 Å². The lowest BCUT2D eigenvalue weighted by Crippen LogP contribution is -2.72. The first kappa shape index (κ1) is 8.17. The molecule has 0 bridgehead atoms. The van der Waals surface area contributed by atoms with Gasteiger partial charge >= 0.3 is 0 Å². The lowest BCUT2D eigenvalue weighted by atomic mass is 9.50. The monoisotopic (exact) mass is 137 g/mol. The zero-order valence-corrected chi connectivity index (χ0v) is 7.18. The van der Waals surface area contributed by atoms with Crippen molar-refractivity contribution in [3.8, 4) is 0 Å². The quantitative estimate of drug-likeness (QED) is 0.439. The summed E-state index contributed by atoms with van der Waals surface area (Å²) in [5.41, 5.74) is 0. The molecule has 0 spiro atoms. The van der Waals surface area contributed by atoms with Gasteiger partial charge in [-0.25, -0.2) is 0 Å². The highest BCUT2D eigenvalue weighted by Gasteiger charge is 2.31. The van der Waals surface area contributed by atoms with E-state index < -0.39 is 0 Å². The Morgan fingerprint density at radius 2 is 1.40 bits per heavy atom. The van der Waals surface area contributed by atoms with Gasteiger partial charge in [-0.15, -0.1) is 0 Å². The Hall–Kier alpha value is 0.0748. The number of hydrogen-bond donors (Lipinski definition) is 2. The molecule has 0 saturated carbocycles. The first-order chi connectivity index (χ1) is 4.61. The topological polar surface area (TPSA) is 27.3 Å². The predicted octanol–water partition coefficient (Wildman–Crippen LogP) is -0.535. The number of nitrogens with zero attached hydrogens (tertiary/aromatic N) is 1. The molecule has 54 valence electrons. The molecule has 6 heteroatoms. The summed E-state index contributed by atoms with van der Waals surface area (Å²) in [6, 6.07) is 0. The van der Waals surface area contributed by atoms with Crippen molar-refractivity contribution in [2.24, 2.45) is 0 Å². The minimum absolute atomic E-state index is 0.432. The van der Waals surface area contributed by atoms with E-state index in [1.54, 1.807) is 0 Å². The van der Waals surface area contributed by atoms with E-state index in [1.165, 1.54) is 0 Å². The van der Waals surface area contributed by atoms with Crippen LogP contribution < -0.4 is 10.3 Å². The fraction of sp³-hybridized carbons (Fsp3) is 1.00. The molecular weight excluding hydrogens is 123 g/mol. The molecule has 1 heterocycles. The van der Waals surface area contributed by atoms with Crippen LogP contribution in [0.15, 0.2) is 0 Å². The summed E-state index contributed by atoms with van der Waals surface area (Å²) in [5.74, 6) is 0. The Kier molecular flexibility index (Phi) is 2.44. The first-order valence-electron chi connectivity index (χ1n) is 3.85. The van der Waals surface area contributed by atoms with Crippen LogP contribution in [0, 0.1) is 0 Å². The van der Waals surface area contributed by atoms with Crippen molar-refractivity contribution in [3.63, 3.8) is 0 Å². The van der Waals surface area contributed by atoms with Gasteiger partial charge in [0.1, 0.15) is 0 Å². The molecule has 3 nitrogen and oxygen atoms in total. The van der Waals surface area contributed by atoms with E-state index in [1.807, 2.05) is 0 Å². The van der Waals surface area contributed by atoms with Crippen molar-refractivity contribution < 1.29 is 0 Å². The highest BCUT2D eigenvalue weighted by Crippen LogP contribution is 1.96. The molecule has 0 radical (unpaired) electrons. The molecule has 0 amide bonds. The maximum Gasteiger partial charge on any atom is 0.283 e. The highest BCUT2D eigenvalue weighted by atomic mass is 15.1. The molecule has 2 N–H and O–H groups in total. The average Bonchev–Trinajstić information content (AvgIpc) is 1.82. The Morgan fingerprint density at radius 1 is 1.00 bits per heavy atom. The largest absolute Gasteiger partial charge is 0.372 e. The van der Waals surface area contributed by atoms with Crippen molar-refractivity contribution in [2.45, 2.75) is 20.5 Å². The molecule has 1 aliphatic rings. The van der Waals surface area contributed by atoms with Crippen LogP contribution in [0.2, 0.25) is 20.5 Å². The van der Waals surface area contributed by atoms with Gasteiger partial charge in [-0.1, -0.05) is 20.5 Å². The molecule has 1 rings (SSSR count). The molecule has 0 aromatic heterocycles. The van der Waals surface area contributed by atoms with Gasteiger partial charge < -0.3 is 15.0 Å². The minimum Gasteiger partial charge on any atom is -0.372 e. The van der Waals surface area contributed by atoms with Gasteiger partial charge in [0.05, 0.1) is 0 Å². The minimum atomic E-state index is 0.432. The molecular formula is C4H14B3N3. The van der Waals surface area contributed by atoms with Gasteiger partial charge in [-0.05, 0) is 7.05 Å². The fourth-order valence-corrected chi connectivity index (χ4v) is 1.34. The van der Waals surface area contributed by atoms with E-state index in [9.17, 15) is 0 Å². The second-order valence-electron chi connectivity index (χ2n) is 3.07. The van der Waals surface area contributed by atoms with Gasteiger partial charge in [0.2, 0.25) is 0 Å². The third-order valence-electron chi connectivity index (χ3n) is 2.20. The Bertz CT molecular complexity index is 110. The van der Waals surface area contributed by atoms with Crippen LogP contribution in [-0.4, -0.2) is 32.7 Å². The molecule has 1 saturated heterocycles. The molecule has 10 heavy (non-hydrogen) atoms. The van der Waals surface area contributed by atoms with E-state index in [0.29, 0.717) is 20.9 Å². The Labute approximate surface area is 64.3 Å². The smallest absolute Gasteiger partial charge is 0.283 e. The van der Waals surface area contributed by atoms with Crippen LogP contribution in [0.1, 0.15) is 0 Å². The Balaban J connectivity index is 2.49. The van der Waals surface area contributed by atoms with Crippen LogP contribution in [0.25, 0.3) is 0 Å². The third-order valence-corrected chi connectivity index (χ3v) is 2.20. The second-order valence-corrected chi connectivity index (χ2v) is 3.07. The van der Waals surface area contributed by atoms with Crippen molar-refractivity contribution in [1.82, 2.24) is 15.0 Å². The standard InChI is InChI=1S/C4H14B3N3/c1-5-8-6(2)10(4)7(3)9-5/h8-9H,1-4H3. The first-order valence-corrected chi connectivity index (χ1v) is 3.85. The number of rotatable bonds is 0. The zero-order valence-electron chi connectivity index (χ0n) is 7.18. The average molecular weight is 137 g/mol. The van der Waals surface area contributed by atoms with Crippen molar-refractivity contribution in [1.29, 1.82) is 0 Å². The number of hydrogen-bond acceptors (Lipinski definition) is 3. The molecule has 0 aliphatic carbocycles. The molecule has 1 fully saturated rings. The molecule has 0 unspecified atom stereocenters. The summed E-state index contributed by atoms with van der Waals surface area (Å²) in [7, 11) is 2.11. The summed E-state index contributed by atoms with van der Waals surface area (Å²) in [6.45, 7) is 7.88. The van der Waals surface area contributed by atoms with E-state index in [4.69, 9.17) is 0 Å². The van der Waals surface area contributed by atoms with Gasteiger partial charge in [0, 0.05) is 0 Å². The zero-order chi connectivity index (χ0) is 7.72. The van der Waals surface area contributed by atoms with E-state index >= 15 is 0 Å². The van der Waals surface area contributed by atoms with Crippen LogP contribution >= 0.6 is 0 Å². The highest BCUT2D eigenvalue weighted by molar-refractivity contribution is 6.85. The van der Waals surface area contributed by atoms with Crippen LogP contribution in [-0.2, 0) is 0 Å². The van der Waals surface area contributed by atoms with Gasteiger partial charge in [0.25, 0.3) is 20.9 Å². The summed E-state index contributed by atoms with van der Waals surface area (Å²) < 4.78 is 2.26. The van der Waals surface area contributed by atoms with Crippen molar-refractivity contribution in [2.75, 3.05) is 7.05 Å². The lowest BCUT2D eigenvalue weighted by molar-refractivity contribution is 0.759. The van der Waals surface area contributed by atoms with E-state index in [-0.39, 0.29) is 0 Å². The van der Waals surface area contributed by atoms with Gasteiger partial charge in [-0.2, -0.15) is 0 Å². The predicted molar refractivity (Wildman–Crippen MR) is 48.9 cm³/mol. The lowest BCUT2D eigenvalue weighted by Gasteiger charge is -2.36. The molecule has 0 aromatic rings. The number of nitrogens with one attached hydrogen (secondary N) is 2. The van der Waals surface area contributed by atoms with Crippen molar-refractivity contribution in [3.05, 3.63) is 0 Å². The third kappa shape index (κ3) is 1.56. The summed E-state index contributed by atoms with van der Waals surface area (Å²) in [5, 5.41) is 6.75. The molecule has 0 aromatic carbocycles. The van der Waals surface area contributed by atoms with Crippen molar-refractivity contribution >= 4 is 20.9 Å². The van der Waals surface area contributed by atoms with Crippen LogP contribution in [0.3, 0.4) is 0 Å². The Morgan fingerprint density at radius 3 is 1.80 bits per heavy atom. The summed E-state index contributed by atoms with van der Waals surface area (Å²) in [4.78, 5) is 0. The maximum atomic E-state index is 3.37. The van der Waals surface area contributed by atoms with E-state index in [2.05, 4.69) is 42.5 Å². The normalized spacial score (nSPS) is 22.2. The maximum absolute atomic E-state index is 3.37. The molecule has 1 aliphatic heterocycles. The van der Waals surface area contributed by atoms with Crippen LogP contribution in [0.5, 0.6) is 0 Å². The SMILES string of the molecule is CB1NB(C)N(C)B(C)N1. The fourth-order valence-electron chi connectivity index (χ4n) is 1.34. The van der Waals surface area contributed by atoms with Crippen LogP contribution in [0.4, 0.5) is 0 Å². The second kappa shape index (κ2) is 2.99.